The van der Waals surface area contributed by atoms with Gasteiger partial charge < -0.3 is 14.4 Å². The Balaban J connectivity index is 0.00000280. The number of hydrogen-bond acceptors (Lipinski definition) is 6. The van der Waals surface area contributed by atoms with Gasteiger partial charge in [-0.3, -0.25) is 5.10 Å². The van der Waals surface area contributed by atoms with Crippen LogP contribution in [0.25, 0.3) is 44.9 Å². The number of halogens is 2. The molecule has 3 aromatic heterocycles. The molecule has 186 valence electrons. The van der Waals surface area contributed by atoms with E-state index in [2.05, 4.69) is 38.3 Å². The molecule has 0 bridgehead atoms. The fraction of sp³-hybridized carbons (Fsp3) is 0.179. The molecule has 0 spiro atoms. The smallest absolute Gasteiger partial charge is 0.182 e. The van der Waals surface area contributed by atoms with Crippen LogP contribution in [0, 0.1) is 17.1 Å². The quantitative estimate of drug-likeness (QED) is 0.277. The van der Waals surface area contributed by atoms with Crippen LogP contribution in [-0.4, -0.2) is 33.4 Å². The fourth-order valence-corrected chi connectivity index (χ4v) is 4.93. The molecular formula is C28H23ClFN5O2. The summed E-state index contributed by atoms with van der Waals surface area (Å²) >= 11 is 0. The van der Waals surface area contributed by atoms with Gasteiger partial charge in [-0.25, -0.2) is 9.37 Å². The largest absolute Gasteiger partial charge is 0.508 e. The number of phenols is 1. The number of benzene rings is 2. The van der Waals surface area contributed by atoms with E-state index in [0.29, 0.717) is 28.1 Å². The Kier molecular flexibility index (Phi) is 6.55. The monoisotopic (exact) mass is 515 g/mol. The maximum absolute atomic E-state index is 14.9. The molecule has 0 amide bonds. The molecule has 5 aromatic rings. The molecule has 0 aliphatic carbocycles. The van der Waals surface area contributed by atoms with Crippen LogP contribution in [-0.2, 0) is 0 Å². The van der Waals surface area contributed by atoms with E-state index in [1.165, 1.54) is 31.4 Å². The van der Waals surface area contributed by atoms with Gasteiger partial charge in [-0.15, -0.1) is 12.4 Å². The van der Waals surface area contributed by atoms with Crippen molar-refractivity contribution in [3.05, 3.63) is 72.2 Å². The molecule has 37 heavy (non-hydrogen) atoms. The van der Waals surface area contributed by atoms with Gasteiger partial charge in [0.25, 0.3) is 0 Å². The van der Waals surface area contributed by atoms with E-state index in [-0.39, 0.29) is 35.0 Å². The SMILES string of the molecule is Cl.N#Cc1c(-c2ccc(O)cc2F)nc2n[nH]c(-c3ccco3)c2c1-c1ccc(N2CCCCC2)cc1. The molecule has 0 saturated carbocycles. The number of hydrogen-bond donors (Lipinski definition) is 2. The first-order valence-electron chi connectivity index (χ1n) is 11.8. The Morgan fingerprint density at radius 3 is 2.51 bits per heavy atom. The molecule has 0 atom stereocenters. The van der Waals surface area contributed by atoms with E-state index >= 15 is 0 Å². The summed E-state index contributed by atoms with van der Waals surface area (Å²) in [7, 11) is 0. The molecule has 1 aliphatic rings. The highest BCUT2D eigenvalue weighted by Crippen LogP contribution is 2.41. The highest BCUT2D eigenvalue weighted by atomic mass is 35.5. The number of H-pyrrole nitrogens is 1. The number of aromatic amines is 1. The van der Waals surface area contributed by atoms with Gasteiger partial charge in [-0.05, 0) is 61.2 Å². The second-order valence-electron chi connectivity index (χ2n) is 8.86. The molecular weight excluding hydrogens is 493 g/mol. The number of piperidine rings is 1. The number of aromatic hydroxyl groups is 1. The van der Waals surface area contributed by atoms with Gasteiger partial charge in [0, 0.05) is 36.0 Å². The summed E-state index contributed by atoms with van der Waals surface area (Å²) in [6, 6.07) is 17.7. The van der Waals surface area contributed by atoms with Crippen LogP contribution < -0.4 is 4.90 Å². The third kappa shape index (κ3) is 4.28. The zero-order valence-electron chi connectivity index (χ0n) is 19.7. The highest BCUT2D eigenvalue weighted by Gasteiger charge is 2.25. The first-order valence-corrected chi connectivity index (χ1v) is 11.8. The summed E-state index contributed by atoms with van der Waals surface area (Å²) in [6.45, 7) is 2.05. The van der Waals surface area contributed by atoms with Crippen molar-refractivity contribution >= 4 is 29.1 Å². The van der Waals surface area contributed by atoms with E-state index in [4.69, 9.17) is 4.42 Å². The van der Waals surface area contributed by atoms with Crippen molar-refractivity contribution < 1.29 is 13.9 Å². The Morgan fingerprint density at radius 2 is 1.84 bits per heavy atom. The lowest BCUT2D eigenvalue weighted by Crippen LogP contribution is -2.29. The third-order valence-electron chi connectivity index (χ3n) is 6.67. The maximum Gasteiger partial charge on any atom is 0.182 e. The van der Waals surface area contributed by atoms with Crippen molar-refractivity contribution in [1.82, 2.24) is 15.2 Å². The average Bonchev–Trinajstić information content (AvgIpc) is 3.58. The summed E-state index contributed by atoms with van der Waals surface area (Å²) in [5.74, 6) is -0.325. The molecule has 0 unspecified atom stereocenters. The van der Waals surface area contributed by atoms with Crippen LogP contribution in [0.4, 0.5) is 10.1 Å². The van der Waals surface area contributed by atoms with Crippen molar-refractivity contribution in [2.24, 2.45) is 0 Å². The zero-order valence-corrected chi connectivity index (χ0v) is 20.6. The Hall–Kier alpha value is -4.35. The molecule has 2 N–H and O–H groups in total. The van der Waals surface area contributed by atoms with Crippen LogP contribution >= 0.6 is 12.4 Å². The molecule has 4 heterocycles. The minimum absolute atomic E-state index is 0. The number of nitriles is 1. The van der Waals surface area contributed by atoms with Crippen molar-refractivity contribution in [2.75, 3.05) is 18.0 Å². The number of rotatable bonds is 4. The topological polar surface area (TPSA) is 102 Å². The lowest BCUT2D eigenvalue weighted by molar-refractivity contribution is 0.469. The molecule has 0 radical (unpaired) electrons. The summed E-state index contributed by atoms with van der Waals surface area (Å²) < 4.78 is 20.5. The molecule has 6 rings (SSSR count). The Labute approximate surface area is 218 Å². The zero-order chi connectivity index (χ0) is 24.6. The molecule has 1 saturated heterocycles. The molecule has 1 aliphatic heterocycles. The average molecular weight is 516 g/mol. The fourth-order valence-electron chi connectivity index (χ4n) is 4.93. The van der Waals surface area contributed by atoms with Gasteiger partial charge in [0.15, 0.2) is 11.4 Å². The van der Waals surface area contributed by atoms with Crippen LogP contribution in [0.3, 0.4) is 0 Å². The lowest BCUT2D eigenvalue weighted by atomic mass is 9.92. The van der Waals surface area contributed by atoms with Crippen LogP contribution in [0.2, 0.25) is 0 Å². The van der Waals surface area contributed by atoms with Crippen molar-refractivity contribution in [3.63, 3.8) is 0 Å². The molecule has 9 heteroatoms. The van der Waals surface area contributed by atoms with Gasteiger partial charge in [0.05, 0.1) is 22.9 Å². The number of aromatic nitrogens is 3. The van der Waals surface area contributed by atoms with E-state index in [9.17, 15) is 14.8 Å². The second-order valence-corrected chi connectivity index (χ2v) is 8.86. The summed E-state index contributed by atoms with van der Waals surface area (Å²) in [4.78, 5) is 6.94. The lowest BCUT2D eigenvalue weighted by Gasteiger charge is -2.29. The van der Waals surface area contributed by atoms with E-state index in [1.807, 2.05) is 12.1 Å². The predicted molar refractivity (Wildman–Crippen MR) is 142 cm³/mol. The van der Waals surface area contributed by atoms with Crippen LogP contribution in [0.15, 0.2) is 65.3 Å². The van der Waals surface area contributed by atoms with Crippen molar-refractivity contribution in [3.8, 4) is 45.7 Å². The van der Waals surface area contributed by atoms with E-state index in [1.54, 1.807) is 18.4 Å². The van der Waals surface area contributed by atoms with Gasteiger partial charge in [-0.1, -0.05) is 12.1 Å². The Morgan fingerprint density at radius 1 is 1.05 bits per heavy atom. The molecule has 1 fully saturated rings. The third-order valence-corrected chi connectivity index (χ3v) is 6.67. The van der Waals surface area contributed by atoms with Crippen molar-refractivity contribution in [1.29, 1.82) is 5.26 Å². The van der Waals surface area contributed by atoms with Crippen LogP contribution in [0.5, 0.6) is 5.75 Å². The highest BCUT2D eigenvalue weighted by molar-refractivity contribution is 6.06. The van der Waals surface area contributed by atoms with Gasteiger partial charge in [0.1, 0.15) is 23.3 Å². The second kappa shape index (κ2) is 9.96. The predicted octanol–water partition coefficient (Wildman–Crippen LogP) is 6.68. The normalized spacial score (nSPS) is 13.4. The van der Waals surface area contributed by atoms with E-state index in [0.717, 1.165) is 30.4 Å². The summed E-state index contributed by atoms with van der Waals surface area (Å²) in [5.41, 5.74) is 3.92. The number of phenolic OH excluding ortho intramolecular Hbond substituents is 1. The molecule has 7 nitrogen and oxygen atoms in total. The molecule has 2 aromatic carbocycles. The number of pyridine rings is 1. The van der Waals surface area contributed by atoms with E-state index < -0.39 is 5.82 Å². The standard InChI is InChI=1S/C28H22FN5O2.ClH/c29-22-15-19(35)10-11-20(22)26-21(16-30)24(17-6-8-18(9-7-17)34-12-2-1-3-13-34)25-27(23-5-4-14-36-23)32-33-28(25)31-26;/h4-11,14-15,35H,1-3,12-13H2,(H,31,32,33);1H. The first kappa shape index (κ1) is 24.3. The minimum atomic E-state index is -0.674. The Bertz CT molecular complexity index is 1600. The van der Waals surface area contributed by atoms with Gasteiger partial charge >= 0.3 is 0 Å². The minimum Gasteiger partial charge on any atom is -0.508 e. The number of nitrogens with zero attached hydrogens (tertiary/aromatic N) is 4. The summed E-state index contributed by atoms with van der Waals surface area (Å²) in [5, 5.41) is 28.0. The number of nitrogens with one attached hydrogen (secondary N) is 1. The van der Waals surface area contributed by atoms with Crippen LogP contribution in [0.1, 0.15) is 24.8 Å². The summed E-state index contributed by atoms with van der Waals surface area (Å²) in [6.07, 6.45) is 5.17. The van der Waals surface area contributed by atoms with Gasteiger partial charge in [0.2, 0.25) is 0 Å². The first-order chi connectivity index (χ1) is 17.6. The number of fused-ring (bicyclic) bond motifs is 1. The van der Waals surface area contributed by atoms with Crippen molar-refractivity contribution in [2.45, 2.75) is 19.3 Å². The number of furan rings is 1. The number of anilines is 1. The maximum atomic E-state index is 14.9. The van der Waals surface area contributed by atoms with Gasteiger partial charge in [-0.2, -0.15) is 10.4 Å².